The maximum Gasteiger partial charge on any atom is 0.329 e. The molecule has 1 heterocycles. The summed E-state index contributed by atoms with van der Waals surface area (Å²) in [6, 6.07) is 0.291. The molecule has 2 aliphatic rings. The Kier molecular flexibility index (Phi) is 4.55. The highest BCUT2D eigenvalue weighted by molar-refractivity contribution is 5.87. The molecular formula is C15H26N2O3. The molecule has 5 nitrogen and oxygen atoms in total. The number of hydrogen-bond donors (Lipinski definition) is 1. The fourth-order valence-electron chi connectivity index (χ4n) is 3.38. The average molecular weight is 282 g/mol. The van der Waals surface area contributed by atoms with Crippen LogP contribution in [-0.4, -0.2) is 51.6 Å². The van der Waals surface area contributed by atoms with Crippen molar-refractivity contribution in [2.45, 2.75) is 70.4 Å². The van der Waals surface area contributed by atoms with Crippen LogP contribution in [0.5, 0.6) is 0 Å². The predicted octanol–water partition coefficient (Wildman–Crippen LogP) is 2.70. The summed E-state index contributed by atoms with van der Waals surface area (Å²) >= 11 is 0. The number of carbonyl (C=O) groups excluding carboxylic acids is 1. The summed E-state index contributed by atoms with van der Waals surface area (Å²) in [5.74, 6) is -0.836. The van der Waals surface area contributed by atoms with Gasteiger partial charge in [0.05, 0.1) is 0 Å². The minimum atomic E-state index is -0.966. The fraction of sp³-hybridized carbons (Fsp3) is 0.867. The Morgan fingerprint density at radius 1 is 1.30 bits per heavy atom. The van der Waals surface area contributed by atoms with E-state index < -0.39 is 11.5 Å². The lowest BCUT2D eigenvalue weighted by molar-refractivity contribution is -0.148. The van der Waals surface area contributed by atoms with Crippen LogP contribution >= 0.6 is 0 Å². The van der Waals surface area contributed by atoms with Gasteiger partial charge < -0.3 is 14.9 Å². The van der Waals surface area contributed by atoms with Crippen molar-refractivity contribution in [2.75, 3.05) is 13.1 Å². The third-order valence-corrected chi connectivity index (χ3v) is 4.48. The Morgan fingerprint density at radius 2 is 2.00 bits per heavy atom. The molecule has 20 heavy (non-hydrogen) atoms. The van der Waals surface area contributed by atoms with Crippen LogP contribution < -0.4 is 0 Å². The first-order chi connectivity index (χ1) is 9.56. The quantitative estimate of drug-likeness (QED) is 0.814. The lowest BCUT2D eigenvalue weighted by Crippen LogP contribution is -2.57. The molecule has 1 atom stereocenters. The lowest BCUT2D eigenvalue weighted by atomic mass is 9.91. The van der Waals surface area contributed by atoms with Crippen LogP contribution in [-0.2, 0) is 4.79 Å². The number of carbonyl (C=O) groups is 2. The number of aliphatic carboxylic acids is 1. The number of carboxylic acid groups (broad SMARTS) is 1. The number of nitrogens with zero attached hydrogens (tertiary/aromatic N) is 2. The third kappa shape index (κ3) is 2.63. The largest absolute Gasteiger partial charge is 0.479 e. The van der Waals surface area contributed by atoms with Crippen molar-refractivity contribution in [3.63, 3.8) is 0 Å². The molecule has 0 aromatic heterocycles. The molecule has 1 N–H and O–H groups in total. The number of amides is 2. The maximum absolute atomic E-state index is 12.8. The van der Waals surface area contributed by atoms with E-state index >= 15 is 0 Å². The molecule has 1 unspecified atom stereocenters. The van der Waals surface area contributed by atoms with Gasteiger partial charge in [0.25, 0.3) is 0 Å². The van der Waals surface area contributed by atoms with Crippen molar-refractivity contribution < 1.29 is 14.7 Å². The topological polar surface area (TPSA) is 60.9 Å². The van der Waals surface area contributed by atoms with Gasteiger partial charge in [0.1, 0.15) is 5.54 Å². The first-order valence-electron chi connectivity index (χ1n) is 7.88. The smallest absolute Gasteiger partial charge is 0.329 e. The maximum atomic E-state index is 12.8. The van der Waals surface area contributed by atoms with Crippen LogP contribution in [0.2, 0.25) is 0 Å². The summed E-state index contributed by atoms with van der Waals surface area (Å²) < 4.78 is 0. The zero-order chi connectivity index (χ0) is 14.8. The van der Waals surface area contributed by atoms with Gasteiger partial charge in [0, 0.05) is 19.1 Å². The van der Waals surface area contributed by atoms with E-state index in [2.05, 4.69) is 6.92 Å². The summed E-state index contributed by atoms with van der Waals surface area (Å²) in [7, 11) is 0. The van der Waals surface area contributed by atoms with Crippen LogP contribution in [0.25, 0.3) is 0 Å². The first-order valence-corrected chi connectivity index (χ1v) is 7.88. The molecule has 5 heteroatoms. The van der Waals surface area contributed by atoms with Crippen LogP contribution in [0.1, 0.15) is 58.8 Å². The zero-order valence-corrected chi connectivity index (χ0v) is 12.6. The highest BCUT2D eigenvalue weighted by atomic mass is 16.4. The molecule has 2 rings (SSSR count). The Bertz CT molecular complexity index is 381. The lowest BCUT2D eigenvalue weighted by Gasteiger charge is -2.38. The SMILES string of the molecule is CCCN(C(=O)N1CCCC1(CCC)C(=O)O)C1CC1. The molecule has 0 spiro atoms. The van der Waals surface area contributed by atoms with Gasteiger partial charge in [0.2, 0.25) is 0 Å². The first kappa shape index (κ1) is 15.1. The van der Waals surface area contributed by atoms with E-state index in [4.69, 9.17) is 0 Å². The molecule has 0 radical (unpaired) electrons. The molecule has 0 aromatic rings. The average Bonchev–Trinajstić information content (AvgIpc) is 3.16. The summed E-state index contributed by atoms with van der Waals surface area (Å²) in [5, 5.41) is 9.67. The van der Waals surface area contributed by atoms with E-state index in [1.165, 1.54) is 0 Å². The summed E-state index contributed by atoms with van der Waals surface area (Å²) in [4.78, 5) is 28.1. The Morgan fingerprint density at radius 3 is 2.50 bits per heavy atom. The molecule has 1 saturated heterocycles. The molecule has 1 saturated carbocycles. The predicted molar refractivity (Wildman–Crippen MR) is 76.6 cm³/mol. The van der Waals surface area contributed by atoms with E-state index in [1.807, 2.05) is 11.8 Å². The highest BCUT2D eigenvalue weighted by Crippen LogP contribution is 2.37. The Hall–Kier alpha value is -1.26. The zero-order valence-electron chi connectivity index (χ0n) is 12.6. The number of hydrogen-bond acceptors (Lipinski definition) is 2. The van der Waals surface area contributed by atoms with Crippen molar-refractivity contribution in [3.8, 4) is 0 Å². The van der Waals surface area contributed by atoms with Gasteiger partial charge in [-0.15, -0.1) is 0 Å². The number of rotatable bonds is 6. The van der Waals surface area contributed by atoms with Gasteiger partial charge in [-0.1, -0.05) is 20.3 Å². The summed E-state index contributed by atoms with van der Waals surface area (Å²) in [6.45, 7) is 5.36. The van der Waals surface area contributed by atoms with Crippen LogP contribution in [0.15, 0.2) is 0 Å². The van der Waals surface area contributed by atoms with Crippen LogP contribution in [0.3, 0.4) is 0 Å². The number of urea groups is 1. The second kappa shape index (κ2) is 6.02. The molecule has 2 amide bonds. The normalized spacial score (nSPS) is 25.8. The second-order valence-corrected chi connectivity index (χ2v) is 6.05. The van der Waals surface area contributed by atoms with E-state index in [9.17, 15) is 14.7 Å². The van der Waals surface area contributed by atoms with Gasteiger partial charge in [-0.25, -0.2) is 9.59 Å². The second-order valence-electron chi connectivity index (χ2n) is 6.05. The molecule has 0 aromatic carbocycles. The van der Waals surface area contributed by atoms with Crippen LogP contribution in [0.4, 0.5) is 4.79 Å². The van der Waals surface area contributed by atoms with Crippen molar-refractivity contribution in [3.05, 3.63) is 0 Å². The van der Waals surface area contributed by atoms with Gasteiger partial charge in [-0.3, -0.25) is 0 Å². The molecule has 114 valence electrons. The van der Waals surface area contributed by atoms with E-state index in [0.29, 0.717) is 25.4 Å². The molecule has 1 aliphatic heterocycles. The van der Waals surface area contributed by atoms with Gasteiger partial charge in [-0.05, 0) is 38.5 Å². The number of likely N-dealkylation sites (tertiary alicyclic amines) is 1. The van der Waals surface area contributed by atoms with Gasteiger partial charge >= 0.3 is 12.0 Å². The fourth-order valence-corrected chi connectivity index (χ4v) is 3.38. The van der Waals surface area contributed by atoms with E-state index in [0.717, 1.165) is 38.6 Å². The van der Waals surface area contributed by atoms with Crippen molar-refractivity contribution >= 4 is 12.0 Å². The van der Waals surface area contributed by atoms with E-state index in [1.54, 1.807) is 4.90 Å². The van der Waals surface area contributed by atoms with Crippen molar-refractivity contribution in [2.24, 2.45) is 0 Å². The van der Waals surface area contributed by atoms with Crippen molar-refractivity contribution in [1.29, 1.82) is 0 Å². The molecule has 2 fully saturated rings. The van der Waals surface area contributed by atoms with Gasteiger partial charge in [-0.2, -0.15) is 0 Å². The minimum Gasteiger partial charge on any atom is -0.479 e. The van der Waals surface area contributed by atoms with Gasteiger partial charge in [0.15, 0.2) is 0 Å². The minimum absolute atomic E-state index is 0.0531. The van der Waals surface area contributed by atoms with E-state index in [-0.39, 0.29) is 6.03 Å². The highest BCUT2D eigenvalue weighted by Gasteiger charge is 2.51. The Balaban J connectivity index is 2.19. The standard InChI is InChI=1S/C15H26N2O3/c1-3-8-15(13(18)19)9-5-11-17(15)14(20)16(10-4-2)12-6-7-12/h12H,3-11H2,1-2H3,(H,18,19). The van der Waals surface area contributed by atoms with Crippen LogP contribution in [0, 0.1) is 0 Å². The van der Waals surface area contributed by atoms with Crippen molar-refractivity contribution in [1.82, 2.24) is 9.80 Å². The summed E-state index contributed by atoms with van der Waals surface area (Å²) in [5.41, 5.74) is -0.966. The number of carboxylic acids is 1. The molecular weight excluding hydrogens is 256 g/mol. The third-order valence-electron chi connectivity index (χ3n) is 4.48. The monoisotopic (exact) mass is 282 g/mol. The Labute approximate surface area is 120 Å². The summed E-state index contributed by atoms with van der Waals surface area (Å²) in [6.07, 6.45) is 5.77. The molecule has 1 aliphatic carbocycles. The molecule has 0 bridgehead atoms.